The third-order valence-corrected chi connectivity index (χ3v) is 19.1. The van der Waals surface area contributed by atoms with Crippen molar-refractivity contribution >= 4 is 95.2 Å². The molecule has 0 radical (unpaired) electrons. The first kappa shape index (κ1) is 121. The number of hydrogen-bond acceptors (Lipinski definition) is 21. The first-order valence-electron chi connectivity index (χ1n) is 42.2. The van der Waals surface area contributed by atoms with Crippen LogP contribution >= 0.6 is 48.8 Å². The molecule has 14 rings (SSSR count). The van der Waals surface area contributed by atoms with E-state index < -0.39 is 34.9 Å². The molecule has 0 spiro atoms. The van der Waals surface area contributed by atoms with Gasteiger partial charge in [0.15, 0.2) is 28.9 Å². The number of phenols is 2. The summed E-state index contributed by atoms with van der Waals surface area (Å²) in [4.78, 5) is 98.2. The summed E-state index contributed by atoms with van der Waals surface area (Å²) in [6, 6.07) is 90.9. The Morgan fingerprint density at radius 3 is 1.12 bits per heavy atom. The van der Waals surface area contributed by atoms with E-state index >= 15 is 0 Å². The maximum absolute atomic E-state index is 13.4. The van der Waals surface area contributed by atoms with E-state index in [2.05, 4.69) is 37.2 Å². The molecule has 25 heteroatoms. The number of aldehydes is 1. The van der Waals surface area contributed by atoms with Gasteiger partial charge in [-0.25, -0.2) is 4.79 Å². The number of benzene rings is 13. The molecule has 1 aliphatic heterocycles. The van der Waals surface area contributed by atoms with Crippen LogP contribution in [0.2, 0.25) is 0 Å². The van der Waals surface area contributed by atoms with Gasteiger partial charge < -0.3 is 62.3 Å². The summed E-state index contributed by atoms with van der Waals surface area (Å²) >= 11 is 10.5. The summed E-state index contributed by atoms with van der Waals surface area (Å²) in [5, 5.41) is 19.5. The number of aromatic hydroxyl groups is 2. The van der Waals surface area contributed by atoms with Gasteiger partial charge in [0.25, 0.3) is 5.24 Å². The van der Waals surface area contributed by atoms with Crippen molar-refractivity contribution in [2.45, 2.75) is 108 Å². The predicted molar refractivity (Wildman–Crippen MR) is 558 cm³/mol. The molecule has 0 saturated carbocycles. The van der Waals surface area contributed by atoms with Crippen molar-refractivity contribution in [2.75, 3.05) is 64.0 Å². The number of rotatable bonds is 26. The van der Waals surface area contributed by atoms with Gasteiger partial charge in [-0.05, 0) is 221 Å². The molecule has 2 N–H and O–H groups in total. The number of methoxy groups -OCH3 is 9. The number of halogens is 4. The van der Waals surface area contributed by atoms with Gasteiger partial charge in [0, 0.05) is 29.5 Å². The zero-order chi connectivity index (χ0) is 98.2. The molecule has 0 saturated heterocycles. The van der Waals surface area contributed by atoms with Crippen molar-refractivity contribution in [3.05, 3.63) is 388 Å². The number of ether oxygens (including phenoxy) is 11. The van der Waals surface area contributed by atoms with Crippen molar-refractivity contribution in [1.29, 1.82) is 0 Å². The maximum atomic E-state index is 13.4. The van der Waals surface area contributed by atoms with Crippen LogP contribution in [-0.4, -0.2) is 121 Å². The van der Waals surface area contributed by atoms with Crippen LogP contribution in [0.1, 0.15) is 206 Å². The van der Waals surface area contributed by atoms with Crippen LogP contribution < -0.4 is 65.4 Å². The fraction of sp³-hybridized carbons (Fsp3) is 0.225. The molecule has 0 fully saturated rings. The third-order valence-electron chi connectivity index (χ3n) is 18.9. The molecule has 1 heterocycles. The van der Waals surface area contributed by atoms with Gasteiger partial charge in [-0.3, -0.25) is 33.6 Å². The number of phenolic OH excluding ortho intramolecular Hbond substituents is 2. The topological polar surface area (TPSA) is 279 Å². The molecule has 0 amide bonds. The summed E-state index contributed by atoms with van der Waals surface area (Å²) in [5.74, 6) is 3.00. The van der Waals surface area contributed by atoms with E-state index in [0.717, 1.165) is 40.0 Å². The molecule has 13 aromatic rings. The van der Waals surface area contributed by atoms with Gasteiger partial charge in [0.05, 0.1) is 97.7 Å². The predicted octanol–water partition coefficient (Wildman–Crippen LogP) is 24.6. The molecule has 0 aromatic heterocycles. The average molecular weight is 2210 g/mol. The number of fused-ring (bicyclic) bond motifs is 1. The summed E-state index contributed by atoms with van der Waals surface area (Å²) < 4.78 is 57.8. The van der Waals surface area contributed by atoms with E-state index in [0.29, 0.717) is 104 Å². The fourth-order valence-electron chi connectivity index (χ4n) is 12.3. The minimum atomic E-state index is -1.09. The molecule has 13 aromatic carbocycles. The summed E-state index contributed by atoms with van der Waals surface area (Å²) in [5.41, 5.74) is 7.27. The van der Waals surface area contributed by atoms with Gasteiger partial charge in [0.2, 0.25) is 0 Å². The molecular formula is C111H125ClI3O21-. The molecule has 3 unspecified atom stereocenters. The molecule has 136 heavy (non-hydrogen) atoms. The molecule has 0 bridgehead atoms. The van der Waals surface area contributed by atoms with E-state index in [4.69, 9.17) is 63.7 Å². The number of carbonyl (C=O) groups is 8. The fourth-order valence-corrected chi connectivity index (χ4v) is 12.4. The quantitative estimate of drug-likeness (QED) is 0.00969. The Kier molecular flexibility index (Phi) is 60.7. The summed E-state index contributed by atoms with van der Waals surface area (Å²) in [6.45, 7) is 16.0. The SMILES string of the molecule is C.C.C.CC.CC.CC.CC.COc1ccc(C(=O)C(C(=O)c2cc(OC)ccc2O)c2ccccc2)cc1.COc1ccc(C(=O)Cl)cc1.COc1ccc(C(=O)Oc2ccc(OC)cc2C(=O)Cc2ccccc2)cc1.COc1ccc(C2Oc3ccc(OC)cc3C(=O)C2c2ccccc2)cc1.COc1ccc(C=O)cc1.COc1ccc(O)c(C(=O)Cc2ccccc2)c1.I[I-]I. The van der Waals surface area contributed by atoms with E-state index in [-0.39, 0.29) is 81.1 Å². The van der Waals surface area contributed by atoms with Crippen molar-refractivity contribution in [3.63, 3.8) is 0 Å². The second kappa shape index (κ2) is 68.1. The monoisotopic (exact) mass is 2210 g/mol. The number of esters is 1. The van der Waals surface area contributed by atoms with Gasteiger partial charge in [-0.15, -0.1) is 0 Å². The summed E-state index contributed by atoms with van der Waals surface area (Å²) in [6.07, 6.45) is 0.856. The molecule has 724 valence electrons. The Morgan fingerprint density at radius 2 is 0.713 bits per heavy atom. The minimum absolute atomic E-state index is 0. The van der Waals surface area contributed by atoms with Gasteiger partial charge in [0.1, 0.15) is 93.1 Å². The van der Waals surface area contributed by atoms with Crippen LogP contribution in [0.5, 0.6) is 74.7 Å². The Morgan fingerprint density at radius 1 is 0.382 bits per heavy atom. The van der Waals surface area contributed by atoms with Crippen LogP contribution in [0.3, 0.4) is 0 Å². The van der Waals surface area contributed by atoms with Crippen molar-refractivity contribution in [1.82, 2.24) is 0 Å². The van der Waals surface area contributed by atoms with Crippen molar-refractivity contribution in [2.24, 2.45) is 0 Å². The van der Waals surface area contributed by atoms with E-state index in [1.165, 1.54) is 39.5 Å². The van der Waals surface area contributed by atoms with E-state index in [1.807, 2.05) is 177 Å². The normalized spacial score (nSPS) is 11.2. The van der Waals surface area contributed by atoms with Crippen molar-refractivity contribution in [3.8, 4) is 74.7 Å². The van der Waals surface area contributed by atoms with E-state index in [1.54, 1.807) is 219 Å². The average Bonchev–Trinajstić information content (AvgIpc) is 0.766. The Labute approximate surface area is 837 Å². The third kappa shape index (κ3) is 38.5. The van der Waals surface area contributed by atoms with Crippen LogP contribution in [0.4, 0.5) is 0 Å². The zero-order valence-corrected chi connectivity index (χ0v) is 84.6. The van der Waals surface area contributed by atoms with Crippen molar-refractivity contribution < 1.29 is 114 Å². The van der Waals surface area contributed by atoms with E-state index in [9.17, 15) is 48.6 Å². The first-order chi connectivity index (χ1) is 64.6. The second-order valence-corrected chi connectivity index (χ2v) is 43.2. The first-order valence-corrected chi connectivity index (χ1v) is 55.1. The number of Topliss-reactive ketones (excluding diaryl/α,β-unsaturated/α-hetero) is 5. The van der Waals surface area contributed by atoms with Gasteiger partial charge in [-0.2, -0.15) is 0 Å². The number of hydrogen-bond donors (Lipinski definition) is 2. The zero-order valence-electron chi connectivity index (χ0n) is 77.4. The number of carbonyl (C=O) groups excluding carboxylic acids is 8. The molecule has 0 aliphatic carbocycles. The molecule has 21 nitrogen and oxygen atoms in total. The summed E-state index contributed by atoms with van der Waals surface area (Å²) in [7, 11) is 14.0. The Hall–Kier alpha value is -12.9. The van der Waals surface area contributed by atoms with Crippen LogP contribution in [-0.2, 0) is 12.8 Å². The Bertz CT molecular complexity index is 5660. The van der Waals surface area contributed by atoms with Gasteiger partial charge in [-0.1, -0.05) is 211 Å². The van der Waals surface area contributed by atoms with Crippen LogP contribution in [0, 0.1) is 0 Å². The molecular weight excluding hydrogens is 2090 g/mol. The second-order valence-electron chi connectivity index (χ2n) is 26.6. The molecule has 3 atom stereocenters. The van der Waals surface area contributed by atoms with Gasteiger partial charge >= 0.3 is 56.5 Å². The molecule has 1 aliphatic rings. The standard InChI is InChI=1S/2C23H20O5.C23H20O4.C15H14O3.C8H7ClO2.C8H8O2.4C2H6.3CH4.I3/c1-26-18-10-8-17(9-11-18)23(25)28-22-13-12-19(27-2)15-20(22)21(24)14-16-6-4-3-5-7-16;1-27-17-10-8-16(9-11-17)22(25)21(15-6-4-3-5-7-15)23(26)19-14-18(28-2)12-13-20(19)24;1-25-17-10-8-16(9-11-17)23-21(15-6-4-3-5-7-15)22(24)19-14-18(26-2)12-13-20(19)27-23;1-18-12-7-8-14(16)13(10-12)15(17)9-11-5-3-2-4-6-11;1-11-7-4-2-6(3-5-7)8(9)10;1-10-8-4-2-7(6-9)3-5-8;4*1-2;;;;1-3-2/h3-13,15H,14H2,1-2H3;3-14,21,24H,1-2H3;3-14,21,23H,1-2H3;2-8,10,16H,9H2,1H3;2-5H,1H3;2-6H,1H3;4*1-2H3;3*1H4;/q;;;;;;;;;;;;;-1. The van der Waals surface area contributed by atoms with Crippen LogP contribution in [0.25, 0.3) is 0 Å². The van der Waals surface area contributed by atoms with Crippen LogP contribution in [0.15, 0.2) is 315 Å². The Balaban J connectivity index is 0.000000819. The number of ketones is 5.